The molecule has 2 fully saturated rings. The molecule has 3 heterocycles. The zero-order valence-corrected chi connectivity index (χ0v) is 14.5. The van der Waals surface area contributed by atoms with Gasteiger partial charge >= 0.3 is 0 Å². The van der Waals surface area contributed by atoms with E-state index in [0.717, 1.165) is 50.0 Å². The Bertz CT molecular complexity index is 570. The summed E-state index contributed by atoms with van der Waals surface area (Å²) >= 11 is 0. The van der Waals surface area contributed by atoms with Gasteiger partial charge in [0.25, 0.3) is 5.56 Å². The van der Waals surface area contributed by atoms with E-state index in [1.54, 1.807) is 10.9 Å². The first-order valence-corrected chi connectivity index (χ1v) is 8.96. The van der Waals surface area contributed by atoms with Crippen molar-refractivity contribution >= 4 is 0 Å². The van der Waals surface area contributed by atoms with Gasteiger partial charge in [-0.1, -0.05) is 0 Å². The number of piperidine rings is 1. The summed E-state index contributed by atoms with van der Waals surface area (Å²) in [6.07, 6.45) is 6.51. The molecule has 2 aliphatic heterocycles. The molecule has 2 aliphatic rings. The average molecular weight is 319 g/mol. The number of aryl methyl sites for hydroxylation is 1. The molecule has 0 aromatic carbocycles. The number of hydrogen-bond donors (Lipinski definition) is 0. The molecule has 3 rings (SSSR count). The summed E-state index contributed by atoms with van der Waals surface area (Å²) in [7, 11) is 0. The van der Waals surface area contributed by atoms with E-state index in [2.05, 4.69) is 9.88 Å². The Labute approximate surface area is 138 Å². The Morgan fingerprint density at radius 1 is 1.09 bits per heavy atom. The second-order valence-electron chi connectivity index (χ2n) is 7.21. The summed E-state index contributed by atoms with van der Waals surface area (Å²) < 4.78 is 7.25. The zero-order valence-electron chi connectivity index (χ0n) is 14.5. The quantitative estimate of drug-likeness (QED) is 0.852. The first-order valence-electron chi connectivity index (χ1n) is 8.96. The molecule has 0 saturated carbocycles. The molecule has 0 amide bonds. The van der Waals surface area contributed by atoms with Crippen molar-refractivity contribution in [2.75, 3.05) is 32.8 Å². The molecule has 0 aliphatic carbocycles. The van der Waals surface area contributed by atoms with Crippen molar-refractivity contribution in [1.29, 1.82) is 0 Å². The molecule has 5 heteroatoms. The minimum Gasteiger partial charge on any atom is -0.381 e. The summed E-state index contributed by atoms with van der Waals surface area (Å²) in [6, 6.07) is 0. The van der Waals surface area contributed by atoms with E-state index >= 15 is 0 Å². The van der Waals surface area contributed by atoms with E-state index in [1.165, 1.54) is 32.2 Å². The van der Waals surface area contributed by atoms with Gasteiger partial charge in [-0.25, -0.2) is 4.98 Å². The van der Waals surface area contributed by atoms with E-state index in [-0.39, 0.29) is 5.56 Å². The second kappa shape index (κ2) is 7.58. The standard InChI is InChI=1S/C18H29N3O2/c1-14-15(2)19-13-21(18(14)22)12-16-3-7-20(8-4-16)11-17-5-9-23-10-6-17/h13,16-17H,3-12H2,1-2H3. The highest BCUT2D eigenvalue weighted by atomic mass is 16.5. The van der Waals surface area contributed by atoms with Crippen molar-refractivity contribution in [3.8, 4) is 0 Å². The van der Waals surface area contributed by atoms with Crippen LogP contribution in [0.15, 0.2) is 11.1 Å². The van der Waals surface area contributed by atoms with Gasteiger partial charge in [0.1, 0.15) is 0 Å². The fourth-order valence-electron chi connectivity index (χ4n) is 3.73. The van der Waals surface area contributed by atoms with E-state index in [9.17, 15) is 4.79 Å². The first kappa shape index (κ1) is 16.7. The Balaban J connectivity index is 1.49. The highest BCUT2D eigenvalue weighted by Crippen LogP contribution is 2.22. The summed E-state index contributed by atoms with van der Waals surface area (Å²) in [5, 5.41) is 0. The number of rotatable bonds is 4. The van der Waals surface area contributed by atoms with Gasteiger partial charge in [-0.15, -0.1) is 0 Å². The molecular formula is C18H29N3O2. The van der Waals surface area contributed by atoms with Crippen LogP contribution in [0.5, 0.6) is 0 Å². The van der Waals surface area contributed by atoms with Crippen LogP contribution in [0, 0.1) is 25.7 Å². The van der Waals surface area contributed by atoms with Gasteiger partial charge in [0.05, 0.1) is 6.33 Å². The van der Waals surface area contributed by atoms with E-state index < -0.39 is 0 Å². The molecule has 0 radical (unpaired) electrons. The number of nitrogens with zero attached hydrogens (tertiary/aromatic N) is 3. The molecule has 0 spiro atoms. The maximum absolute atomic E-state index is 12.3. The lowest BCUT2D eigenvalue weighted by atomic mass is 9.94. The van der Waals surface area contributed by atoms with E-state index in [4.69, 9.17) is 4.74 Å². The smallest absolute Gasteiger partial charge is 0.256 e. The van der Waals surface area contributed by atoms with Crippen LogP contribution in [0.4, 0.5) is 0 Å². The highest BCUT2D eigenvalue weighted by Gasteiger charge is 2.23. The van der Waals surface area contributed by atoms with Crippen LogP contribution in [-0.4, -0.2) is 47.3 Å². The minimum absolute atomic E-state index is 0.127. The SMILES string of the molecule is Cc1ncn(CC2CCN(CC3CCOCC3)CC2)c(=O)c1C. The molecule has 0 atom stereocenters. The average Bonchev–Trinajstić information content (AvgIpc) is 2.58. The van der Waals surface area contributed by atoms with Gasteiger partial charge in [-0.3, -0.25) is 9.36 Å². The summed E-state index contributed by atoms with van der Waals surface area (Å²) in [4.78, 5) is 19.2. The minimum atomic E-state index is 0.127. The Hall–Kier alpha value is -1.20. The lowest BCUT2D eigenvalue weighted by molar-refractivity contribution is 0.0461. The van der Waals surface area contributed by atoms with Crippen molar-refractivity contribution in [2.45, 2.75) is 46.1 Å². The maximum atomic E-state index is 12.3. The fraction of sp³-hybridized carbons (Fsp3) is 0.778. The van der Waals surface area contributed by atoms with Crippen LogP contribution >= 0.6 is 0 Å². The Morgan fingerprint density at radius 2 is 1.74 bits per heavy atom. The second-order valence-corrected chi connectivity index (χ2v) is 7.21. The van der Waals surface area contributed by atoms with Crippen molar-refractivity contribution in [3.63, 3.8) is 0 Å². The number of hydrogen-bond acceptors (Lipinski definition) is 4. The fourth-order valence-corrected chi connectivity index (χ4v) is 3.73. The Kier molecular flexibility index (Phi) is 5.49. The van der Waals surface area contributed by atoms with Gasteiger partial charge in [-0.2, -0.15) is 0 Å². The Morgan fingerprint density at radius 3 is 2.43 bits per heavy atom. The number of likely N-dealkylation sites (tertiary alicyclic amines) is 1. The number of aromatic nitrogens is 2. The summed E-state index contributed by atoms with van der Waals surface area (Å²) in [6.45, 7) is 10.0. The monoisotopic (exact) mass is 319 g/mol. The van der Waals surface area contributed by atoms with Crippen molar-refractivity contribution in [3.05, 3.63) is 27.9 Å². The van der Waals surface area contributed by atoms with Gasteiger partial charge < -0.3 is 9.64 Å². The molecule has 0 unspecified atom stereocenters. The van der Waals surface area contributed by atoms with Gasteiger partial charge in [-0.05, 0) is 64.5 Å². The lowest BCUT2D eigenvalue weighted by Crippen LogP contribution is -2.40. The normalized spacial score (nSPS) is 21.7. The van der Waals surface area contributed by atoms with Crippen LogP contribution < -0.4 is 5.56 Å². The molecule has 1 aromatic heterocycles. The van der Waals surface area contributed by atoms with Crippen LogP contribution in [0.2, 0.25) is 0 Å². The molecule has 23 heavy (non-hydrogen) atoms. The molecular weight excluding hydrogens is 290 g/mol. The lowest BCUT2D eigenvalue weighted by Gasteiger charge is -2.35. The van der Waals surface area contributed by atoms with Crippen molar-refractivity contribution in [1.82, 2.24) is 14.5 Å². The summed E-state index contributed by atoms with van der Waals surface area (Å²) in [5.74, 6) is 1.41. The van der Waals surface area contributed by atoms with Gasteiger partial charge in [0.2, 0.25) is 0 Å². The largest absolute Gasteiger partial charge is 0.381 e. The van der Waals surface area contributed by atoms with E-state index in [0.29, 0.717) is 5.92 Å². The molecule has 5 nitrogen and oxygen atoms in total. The molecule has 128 valence electrons. The molecule has 1 aromatic rings. The highest BCUT2D eigenvalue weighted by molar-refractivity contribution is 5.12. The predicted octanol–water partition coefficient (Wildman–Crippen LogP) is 2.00. The predicted molar refractivity (Wildman–Crippen MR) is 90.7 cm³/mol. The topological polar surface area (TPSA) is 47.4 Å². The summed E-state index contributed by atoms with van der Waals surface area (Å²) in [5.41, 5.74) is 1.75. The third kappa shape index (κ3) is 4.21. The van der Waals surface area contributed by atoms with E-state index in [1.807, 2.05) is 13.8 Å². The van der Waals surface area contributed by atoms with Crippen molar-refractivity contribution < 1.29 is 4.74 Å². The zero-order chi connectivity index (χ0) is 16.2. The molecule has 0 bridgehead atoms. The van der Waals surface area contributed by atoms with Crippen LogP contribution in [0.1, 0.15) is 36.9 Å². The number of ether oxygens (including phenoxy) is 1. The van der Waals surface area contributed by atoms with Crippen LogP contribution in [0.25, 0.3) is 0 Å². The first-order chi connectivity index (χ1) is 11.1. The molecule has 0 N–H and O–H groups in total. The van der Waals surface area contributed by atoms with Crippen LogP contribution in [0.3, 0.4) is 0 Å². The van der Waals surface area contributed by atoms with Gasteiger partial charge in [0, 0.05) is 37.6 Å². The van der Waals surface area contributed by atoms with Gasteiger partial charge in [0.15, 0.2) is 0 Å². The third-order valence-corrected chi connectivity index (χ3v) is 5.53. The van der Waals surface area contributed by atoms with Crippen molar-refractivity contribution in [2.24, 2.45) is 11.8 Å². The third-order valence-electron chi connectivity index (χ3n) is 5.53. The van der Waals surface area contributed by atoms with Crippen LogP contribution in [-0.2, 0) is 11.3 Å². The maximum Gasteiger partial charge on any atom is 0.256 e. The molecule has 2 saturated heterocycles.